The number of hydrogen-bond donors (Lipinski definition) is 3. The predicted molar refractivity (Wildman–Crippen MR) is 166 cm³/mol. The Balaban J connectivity index is 0.000000243. The van der Waals surface area contributed by atoms with Crippen LogP contribution in [0.5, 0.6) is 11.8 Å². The molecule has 22 heteroatoms. The number of thiol groups is 1. The summed E-state index contributed by atoms with van der Waals surface area (Å²) in [4.78, 5) is 18.3. The number of aromatic nitrogens is 8. The zero-order valence-electron chi connectivity index (χ0n) is 24.1. The van der Waals surface area contributed by atoms with E-state index in [1.165, 1.54) is 56.0 Å². The number of aromatic hydroxyl groups is 1. The van der Waals surface area contributed by atoms with Crippen molar-refractivity contribution in [2.24, 2.45) is 0 Å². The predicted octanol–water partition coefficient (Wildman–Crippen LogP) is 4.49. The molecule has 0 spiro atoms. The van der Waals surface area contributed by atoms with Crippen molar-refractivity contribution in [2.45, 2.75) is 31.5 Å². The molecule has 5 aromatic rings. The molecule has 5 rings (SSSR count). The molecule has 0 bridgehead atoms. The van der Waals surface area contributed by atoms with E-state index in [4.69, 9.17) is 10.4 Å². The first-order chi connectivity index (χ1) is 22.1. The third kappa shape index (κ3) is 12.5. The second kappa shape index (κ2) is 17.7. The third-order valence-corrected chi connectivity index (χ3v) is 7.91. The Morgan fingerprint density at radius 1 is 0.915 bits per heavy atom. The fourth-order valence-corrected chi connectivity index (χ4v) is 4.58. The summed E-state index contributed by atoms with van der Waals surface area (Å²) in [6.07, 6.45) is 8.85. The van der Waals surface area contributed by atoms with Gasteiger partial charge in [-0.2, -0.15) is 70.1 Å². The van der Waals surface area contributed by atoms with E-state index in [2.05, 4.69) is 57.4 Å². The highest BCUT2D eigenvalue weighted by Gasteiger charge is 2.49. The highest BCUT2D eigenvalue weighted by molar-refractivity contribution is 7.88. The number of carbonyl (C=O) groups is 1. The zero-order chi connectivity index (χ0) is 35.2. The van der Waals surface area contributed by atoms with E-state index in [1.54, 1.807) is 18.5 Å². The Bertz CT molecular complexity index is 1850. The molecule has 0 amide bonds. The summed E-state index contributed by atoms with van der Waals surface area (Å²) in [7, 11) is -5.73. The second-order valence-electron chi connectivity index (χ2n) is 8.28. The van der Waals surface area contributed by atoms with Crippen LogP contribution in [0.3, 0.4) is 0 Å². The molecule has 1 unspecified atom stereocenters. The molecule has 0 aliphatic heterocycles. The number of aryl methyl sites for hydroxylation is 2. The highest BCUT2D eigenvalue weighted by Crippen LogP contribution is 2.34. The number of aliphatic carboxylic acids is 1. The molecule has 0 aliphatic carbocycles. The third-order valence-electron chi connectivity index (χ3n) is 4.73. The minimum Gasteiger partial charge on any atom is -0.492 e. The van der Waals surface area contributed by atoms with Crippen molar-refractivity contribution in [3.63, 3.8) is 0 Å². The van der Waals surface area contributed by atoms with Gasteiger partial charge in [0.05, 0.1) is 57.7 Å². The van der Waals surface area contributed by atoms with Gasteiger partial charge in [-0.1, -0.05) is 0 Å². The van der Waals surface area contributed by atoms with Crippen LogP contribution in [0.2, 0.25) is 0 Å². The molecule has 15 nitrogen and oxygen atoms in total. The van der Waals surface area contributed by atoms with E-state index in [-0.39, 0.29) is 15.8 Å². The first-order valence-corrected chi connectivity index (χ1v) is 15.9. The van der Waals surface area contributed by atoms with Crippen molar-refractivity contribution in [2.75, 3.05) is 0 Å². The molecular formula is C25H22F3N9O6S4. The van der Waals surface area contributed by atoms with Crippen LogP contribution in [-0.4, -0.2) is 75.9 Å². The monoisotopic (exact) mass is 729 g/mol. The lowest BCUT2D eigenvalue weighted by atomic mass is 10.3. The maximum Gasteiger partial charge on any atom is 0.534 e. The van der Waals surface area contributed by atoms with Crippen molar-refractivity contribution in [3.8, 4) is 39.0 Å². The van der Waals surface area contributed by atoms with Gasteiger partial charge >= 0.3 is 21.6 Å². The lowest BCUT2D eigenvalue weighted by molar-refractivity contribution is -0.136. The van der Waals surface area contributed by atoms with Crippen LogP contribution in [0.4, 0.5) is 13.2 Å². The van der Waals surface area contributed by atoms with Gasteiger partial charge < -0.3 is 14.4 Å². The number of thiazole rings is 2. The van der Waals surface area contributed by atoms with Crippen LogP contribution in [-0.2, 0) is 14.9 Å². The van der Waals surface area contributed by atoms with Gasteiger partial charge in [0.2, 0.25) is 11.8 Å². The molecule has 0 fully saturated rings. The second-order valence-corrected chi connectivity index (χ2v) is 13.0. The Hall–Kier alpha value is -4.85. The Labute approximate surface area is 278 Å². The summed E-state index contributed by atoms with van der Waals surface area (Å²) in [5, 5.41) is 47.4. The maximum atomic E-state index is 12.2. The largest absolute Gasteiger partial charge is 0.534 e. The van der Waals surface area contributed by atoms with E-state index in [0.29, 0.717) is 11.1 Å². The number of nitrogens with zero attached hydrogens (tertiary/aromatic N) is 9. The summed E-state index contributed by atoms with van der Waals surface area (Å²) in [6.45, 7) is 4.73. The number of rotatable bonds is 5. The van der Waals surface area contributed by atoms with E-state index in [9.17, 15) is 31.5 Å². The fraction of sp³-hybridized carbons (Fsp3) is 0.200. The number of hydrogen-bond acceptors (Lipinski definition) is 17. The summed E-state index contributed by atoms with van der Waals surface area (Å²) in [6, 6.07) is 6.87. The molecule has 0 saturated heterocycles. The van der Waals surface area contributed by atoms with Gasteiger partial charge in [0.25, 0.3) is 0 Å². The van der Waals surface area contributed by atoms with Gasteiger partial charge in [-0.3, -0.25) is 4.79 Å². The fourth-order valence-electron chi connectivity index (χ4n) is 2.44. The molecular weight excluding hydrogens is 708 g/mol. The lowest BCUT2D eigenvalue weighted by Crippen LogP contribution is -2.28. The Morgan fingerprint density at radius 2 is 1.38 bits per heavy atom. The molecule has 0 radical (unpaired) electrons. The van der Waals surface area contributed by atoms with Crippen LogP contribution in [0, 0.1) is 25.2 Å². The van der Waals surface area contributed by atoms with Gasteiger partial charge in [-0.05, 0) is 39.0 Å². The van der Waals surface area contributed by atoms with Crippen LogP contribution in [0.25, 0.3) is 21.1 Å². The Morgan fingerprint density at radius 3 is 1.72 bits per heavy atom. The summed E-state index contributed by atoms with van der Waals surface area (Å²) >= 11 is 6.02. The smallest absolute Gasteiger partial charge is 0.492 e. The number of carboxylic acid groups (broad SMARTS) is 1. The summed E-state index contributed by atoms with van der Waals surface area (Å²) < 4.78 is 62.5. The molecule has 0 saturated carbocycles. The molecule has 0 aliphatic rings. The minimum absolute atomic E-state index is 0.0943. The van der Waals surface area contributed by atoms with Crippen LogP contribution >= 0.6 is 35.3 Å². The normalized spacial score (nSPS) is 11.2. The van der Waals surface area contributed by atoms with Crippen LogP contribution in [0.1, 0.15) is 22.2 Å². The summed E-state index contributed by atoms with van der Waals surface area (Å²) in [5.41, 5.74) is -3.59. The lowest BCUT2D eigenvalue weighted by Gasteiger charge is -2.07. The molecule has 0 aromatic carbocycles. The topological polar surface area (TPSA) is 228 Å². The zero-order valence-corrected chi connectivity index (χ0v) is 27.5. The molecule has 5 aromatic heterocycles. The van der Waals surface area contributed by atoms with E-state index >= 15 is 0 Å². The van der Waals surface area contributed by atoms with Gasteiger partial charge in [0.15, 0.2) is 0 Å². The van der Waals surface area contributed by atoms with Crippen molar-refractivity contribution < 1.29 is 40.8 Å². The van der Waals surface area contributed by atoms with Crippen molar-refractivity contribution in [1.82, 2.24) is 40.6 Å². The molecule has 248 valence electrons. The van der Waals surface area contributed by atoms with Crippen molar-refractivity contribution in [1.29, 1.82) is 5.26 Å². The molecule has 2 N–H and O–H groups in total. The van der Waals surface area contributed by atoms with Crippen molar-refractivity contribution in [3.05, 3.63) is 70.7 Å². The minimum atomic E-state index is -5.73. The van der Waals surface area contributed by atoms with E-state index in [1.807, 2.05) is 19.1 Å². The van der Waals surface area contributed by atoms with Gasteiger partial charge in [0, 0.05) is 11.1 Å². The average Bonchev–Trinajstić information content (AvgIpc) is 3.58. The first kappa shape index (κ1) is 38.3. The molecule has 47 heavy (non-hydrogen) atoms. The first-order valence-electron chi connectivity index (χ1n) is 12.3. The average molecular weight is 730 g/mol. The quantitative estimate of drug-likeness (QED) is 0.129. The van der Waals surface area contributed by atoms with Gasteiger partial charge in [-0.25, -0.2) is 9.97 Å². The number of nitriles is 1. The van der Waals surface area contributed by atoms with Crippen LogP contribution < -0.4 is 4.18 Å². The van der Waals surface area contributed by atoms with Crippen LogP contribution in [0.15, 0.2) is 55.4 Å². The standard InChI is InChI=1S/C9H6F3N3O3S2.C8H7N3OS.C5H3N3.C3H6O2S/c1-5-7(18-20(16,17)9(10,11)12)15-8(19-5)6-2-3-13-14-4-6;1-5-7(12)11-8(13-5)6-2-3-9-10-4-6;6-3-5-1-2-7-8-4-5;1-2(6)3(4)5/h2-4H,1H3;2-4,12H,1H3;1-2,4H;2,6H,1H3,(H,4,5). The highest BCUT2D eigenvalue weighted by atomic mass is 32.2. The molecule has 1 atom stereocenters. The molecule has 5 heterocycles. The SMILES string of the molecule is CC(S)C(=O)O.Cc1sc(-c2ccnnc2)nc1O.Cc1sc(-c2ccnnc2)nc1OS(=O)(=O)C(F)(F)F.N#Cc1ccnnc1. The van der Waals surface area contributed by atoms with E-state index in [0.717, 1.165) is 26.8 Å². The Kier molecular flexibility index (Phi) is 14.5. The number of alkyl halides is 3. The number of halogens is 3. The maximum absolute atomic E-state index is 12.2. The summed E-state index contributed by atoms with van der Waals surface area (Å²) in [5.74, 6) is -1.38. The van der Waals surface area contributed by atoms with Gasteiger partial charge in [-0.15, -0.1) is 22.7 Å². The number of carboxylic acids is 1. The van der Waals surface area contributed by atoms with Gasteiger partial charge in [0.1, 0.15) is 16.1 Å². The van der Waals surface area contributed by atoms with Crippen molar-refractivity contribution >= 4 is 51.4 Å². The van der Waals surface area contributed by atoms with E-state index < -0.39 is 32.7 Å².